The number of hydrogen-bond acceptors (Lipinski definition) is 3. The second-order valence-corrected chi connectivity index (χ2v) is 7.06. The summed E-state index contributed by atoms with van der Waals surface area (Å²) in [4.78, 5) is 17.8. The SMILES string of the molecule is O=C(Cc1ccc(C(F)(F)F)cc1)Nc1ccccc1-c1cn2ccsc2n1. The Hall–Kier alpha value is -3.13. The van der Waals surface area contributed by atoms with Gasteiger partial charge in [-0.15, -0.1) is 11.3 Å². The summed E-state index contributed by atoms with van der Waals surface area (Å²) in [6.07, 6.45) is -0.627. The number of halogens is 3. The fourth-order valence-electron chi connectivity index (χ4n) is 2.86. The molecule has 0 aliphatic heterocycles. The summed E-state index contributed by atoms with van der Waals surface area (Å²) in [5, 5.41) is 4.77. The predicted octanol–water partition coefficient (Wildman–Crippen LogP) is 5.26. The van der Waals surface area contributed by atoms with E-state index in [4.69, 9.17) is 0 Å². The smallest absolute Gasteiger partial charge is 0.325 e. The zero-order valence-corrected chi connectivity index (χ0v) is 15.2. The van der Waals surface area contributed by atoms with Crippen LogP contribution in [-0.4, -0.2) is 15.3 Å². The molecule has 0 spiro atoms. The molecule has 1 N–H and O–H groups in total. The van der Waals surface area contributed by atoms with Gasteiger partial charge in [0.05, 0.1) is 23.4 Å². The third kappa shape index (κ3) is 3.77. The number of alkyl halides is 3. The quantitative estimate of drug-likeness (QED) is 0.507. The molecule has 0 fully saturated rings. The minimum atomic E-state index is -4.39. The van der Waals surface area contributed by atoms with Gasteiger partial charge >= 0.3 is 6.18 Å². The molecule has 28 heavy (non-hydrogen) atoms. The Kier molecular flexibility index (Phi) is 4.64. The van der Waals surface area contributed by atoms with Crippen LogP contribution >= 0.6 is 11.3 Å². The topological polar surface area (TPSA) is 46.4 Å². The first kappa shape index (κ1) is 18.2. The van der Waals surface area contributed by atoms with Gasteiger partial charge in [0, 0.05) is 23.3 Å². The van der Waals surface area contributed by atoms with E-state index in [1.807, 2.05) is 34.3 Å². The van der Waals surface area contributed by atoms with Gasteiger partial charge in [-0.3, -0.25) is 9.20 Å². The van der Waals surface area contributed by atoms with Crippen molar-refractivity contribution in [1.82, 2.24) is 9.38 Å². The Morgan fingerprint density at radius 1 is 1.11 bits per heavy atom. The second-order valence-electron chi connectivity index (χ2n) is 6.18. The van der Waals surface area contributed by atoms with E-state index < -0.39 is 11.7 Å². The molecule has 0 bridgehead atoms. The van der Waals surface area contributed by atoms with Crippen molar-refractivity contribution in [2.45, 2.75) is 12.6 Å². The standard InChI is InChI=1S/C20H14F3N3OS/c21-20(22,23)14-7-5-13(6-8-14)11-18(27)24-16-4-2-1-3-15(16)17-12-26-9-10-28-19(26)25-17/h1-10,12H,11H2,(H,24,27). The van der Waals surface area contributed by atoms with E-state index in [1.54, 1.807) is 12.1 Å². The lowest BCUT2D eigenvalue weighted by Crippen LogP contribution is -2.15. The first-order chi connectivity index (χ1) is 13.4. The van der Waals surface area contributed by atoms with Gasteiger partial charge in [0.15, 0.2) is 4.96 Å². The highest BCUT2D eigenvalue weighted by atomic mass is 32.1. The highest BCUT2D eigenvalue weighted by molar-refractivity contribution is 7.15. The maximum Gasteiger partial charge on any atom is 0.416 e. The number of para-hydroxylation sites is 1. The highest BCUT2D eigenvalue weighted by Gasteiger charge is 2.30. The summed E-state index contributed by atoms with van der Waals surface area (Å²) in [5.41, 5.74) is 1.88. The Bertz CT molecular complexity index is 1100. The average molecular weight is 401 g/mol. The first-order valence-corrected chi connectivity index (χ1v) is 9.26. The van der Waals surface area contributed by atoms with Crippen LogP contribution in [0.2, 0.25) is 0 Å². The van der Waals surface area contributed by atoms with Crippen LogP contribution in [-0.2, 0) is 17.4 Å². The lowest BCUT2D eigenvalue weighted by atomic mass is 10.1. The molecule has 0 aliphatic rings. The third-order valence-electron chi connectivity index (χ3n) is 4.22. The predicted molar refractivity (Wildman–Crippen MR) is 102 cm³/mol. The number of amides is 1. The number of imidazole rings is 1. The summed E-state index contributed by atoms with van der Waals surface area (Å²) < 4.78 is 39.8. The van der Waals surface area contributed by atoms with E-state index in [0.717, 1.165) is 28.4 Å². The zero-order valence-electron chi connectivity index (χ0n) is 14.4. The fourth-order valence-corrected chi connectivity index (χ4v) is 3.56. The Balaban J connectivity index is 1.51. The van der Waals surface area contributed by atoms with Crippen LogP contribution in [0.15, 0.2) is 66.3 Å². The fraction of sp³-hybridized carbons (Fsp3) is 0.100. The summed E-state index contributed by atoms with van der Waals surface area (Å²) in [6, 6.07) is 11.9. The molecule has 1 amide bonds. The molecule has 0 saturated carbocycles. The van der Waals surface area contributed by atoms with Crippen LogP contribution < -0.4 is 5.32 Å². The molecule has 4 rings (SSSR count). The van der Waals surface area contributed by atoms with Crippen molar-refractivity contribution in [1.29, 1.82) is 0 Å². The molecule has 142 valence electrons. The van der Waals surface area contributed by atoms with Gasteiger partial charge in [-0.2, -0.15) is 13.2 Å². The number of hydrogen-bond donors (Lipinski definition) is 1. The van der Waals surface area contributed by atoms with Gasteiger partial charge < -0.3 is 5.32 Å². The summed E-state index contributed by atoms with van der Waals surface area (Å²) in [7, 11) is 0. The number of nitrogens with zero attached hydrogens (tertiary/aromatic N) is 2. The van der Waals surface area contributed by atoms with Crippen LogP contribution in [0.5, 0.6) is 0 Å². The molecular weight excluding hydrogens is 387 g/mol. The van der Waals surface area contributed by atoms with Crippen LogP contribution in [0.3, 0.4) is 0 Å². The molecule has 2 heterocycles. The van der Waals surface area contributed by atoms with Gasteiger partial charge in [-0.05, 0) is 23.8 Å². The number of carbonyl (C=O) groups is 1. The Labute approximate surface area is 162 Å². The maximum absolute atomic E-state index is 12.6. The normalized spacial score (nSPS) is 11.7. The van der Waals surface area contributed by atoms with Gasteiger partial charge in [-0.1, -0.05) is 30.3 Å². The summed E-state index contributed by atoms with van der Waals surface area (Å²) in [6.45, 7) is 0. The number of anilines is 1. The number of carbonyl (C=O) groups excluding carboxylic acids is 1. The highest BCUT2D eigenvalue weighted by Crippen LogP contribution is 2.30. The molecular formula is C20H14F3N3OS. The molecule has 0 unspecified atom stereocenters. The van der Waals surface area contributed by atoms with Crippen LogP contribution in [0, 0.1) is 0 Å². The second kappa shape index (κ2) is 7.12. The van der Waals surface area contributed by atoms with E-state index >= 15 is 0 Å². The molecule has 2 aromatic carbocycles. The average Bonchev–Trinajstić information content (AvgIpc) is 3.24. The van der Waals surface area contributed by atoms with Crippen LogP contribution in [0.1, 0.15) is 11.1 Å². The van der Waals surface area contributed by atoms with Gasteiger partial charge in [0.25, 0.3) is 0 Å². The Morgan fingerprint density at radius 2 is 1.86 bits per heavy atom. The lowest BCUT2D eigenvalue weighted by Gasteiger charge is -2.10. The number of aromatic nitrogens is 2. The van der Waals surface area contributed by atoms with Crippen molar-refractivity contribution in [3.8, 4) is 11.3 Å². The molecule has 0 radical (unpaired) electrons. The van der Waals surface area contributed by atoms with E-state index in [0.29, 0.717) is 11.3 Å². The molecule has 0 aliphatic carbocycles. The van der Waals surface area contributed by atoms with E-state index in [-0.39, 0.29) is 12.3 Å². The van der Waals surface area contributed by atoms with Gasteiger partial charge in [-0.25, -0.2) is 4.98 Å². The molecule has 2 aromatic heterocycles. The molecule has 4 nitrogen and oxygen atoms in total. The van der Waals surface area contributed by atoms with Crippen molar-refractivity contribution in [2.75, 3.05) is 5.32 Å². The van der Waals surface area contributed by atoms with Crippen molar-refractivity contribution >= 4 is 27.9 Å². The van der Waals surface area contributed by atoms with Gasteiger partial charge in [0.1, 0.15) is 0 Å². The molecule has 0 atom stereocenters. The number of benzene rings is 2. The van der Waals surface area contributed by atoms with E-state index in [2.05, 4.69) is 10.3 Å². The Morgan fingerprint density at radius 3 is 2.57 bits per heavy atom. The molecule has 8 heteroatoms. The van der Waals surface area contributed by atoms with Crippen molar-refractivity contribution < 1.29 is 18.0 Å². The largest absolute Gasteiger partial charge is 0.416 e. The number of rotatable bonds is 4. The number of fused-ring (bicyclic) bond motifs is 1. The van der Waals surface area contributed by atoms with Crippen LogP contribution in [0.25, 0.3) is 16.2 Å². The van der Waals surface area contributed by atoms with Crippen molar-refractivity contribution in [3.05, 3.63) is 77.4 Å². The van der Waals surface area contributed by atoms with Crippen LogP contribution in [0.4, 0.5) is 18.9 Å². The minimum absolute atomic E-state index is 0.0231. The van der Waals surface area contributed by atoms with E-state index in [9.17, 15) is 18.0 Å². The maximum atomic E-state index is 12.6. The minimum Gasteiger partial charge on any atom is -0.325 e. The monoisotopic (exact) mass is 401 g/mol. The summed E-state index contributed by atoms with van der Waals surface area (Å²) >= 11 is 1.51. The molecule has 0 saturated heterocycles. The summed E-state index contributed by atoms with van der Waals surface area (Å²) in [5.74, 6) is -0.312. The third-order valence-corrected chi connectivity index (χ3v) is 4.99. The zero-order chi connectivity index (χ0) is 19.7. The van der Waals surface area contributed by atoms with Gasteiger partial charge in [0.2, 0.25) is 5.91 Å². The van der Waals surface area contributed by atoms with E-state index in [1.165, 1.54) is 23.5 Å². The first-order valence-electron chi connectivity index (χ1n) is 8.38. The number of thiazole rings is 1. The number of nitrogens with one attached hydrogen (secondary N) is 1. The van der Waals surface area contributed by atoms with Crippen molar-refractivity contribution in [2.24, 2.45) is 0 Å². The molecule has 4 aromatic rings. The van der Waals surface area contributed by atoms with Crippen molar-refractivity contribution in [3.63, 3.8) is 0 Å². The lowest BCUT2D eigenvalue weighted by molar-refractivity contribution is -0.137.